The Kier molecular flexibility index (Phi) is 5.21. The highest BCUT2D eigenvalue weighted by Crippen LogP contribution is 2.33. The van der Waals surface area contributed by atoms with Crippen molar-refractivity contribution in [3.8, 4) is 0 Å². The van der Waals surface area contributed by atoms with Gasteiger partial charge in [0.2, 0.25) is 0 Å². The van der Waals surface area contributed by atoms with Crippen LogP contribution >= 0.6 is 11.6 Å². The SMILES string of the molecule is CC(C)N(CC(F)(F)F)c1ccc(CCl)cc1[N+](=O)[O-]. The predicted molar refractivity (Wildman–Crippen MR) is 71.2 cm³/mol. The van der Waals surface area contributed by atoms with Crippen LogP contribution in [0.2, 0.25) is 0 Å². The van der Waals surface area contributed by atoms with Crippen molar-refractivity contribution in [1.82, 2.24) is 0 Å². The molecule has 0 aliphatic carbocycles. The molecule has 0 N–H and O–H groups in total. The second-order valence-corrected chi connectivity index (χ2v) is 4.82. The third-order valence-electron chi connectivity index (χ3n) is 2.67. The van der Waals surface area contributed by atoms with Crippen molar-refractivity contribution in [2.45, 2.75) is 31.9 Å². The summed E-state index contributed by atoms with van der Waals surface area (Å²) >= 11 is 5.59. The smallest absolute Gasteiger partial charge is 0.354 e. The first-order valence-corrected chi connectivity index (χ1v) is 6.36. The highest BCUT2D eigenvalue weighted by atomic mass is 35.5. The molecule has 112 valence electrons. The lowest BCUT2D eigenvalue weighted by atomic mass is 10.1. The van der Waals surface area contributed by atoms with E-state index in [0.29, 0.717) is 5.56 Å². The monoisotopic (exact) mass is 310 g/mol. The summed E-state index contributed by atoms with van der Waals surface area (Å²) in [6, 6.07) is 3.47. The first-order valence-electron chi connectivity index (χ1n) is 5.82. The van der Waals surface area contributed by atoms with Crippen LogP contribution in [-0.2, 0) is 5.88 Å². The Hall–Kier alpha value is -1.50. The summed E-state index contributed by atoms with van der Waals surface area (Å²) in [5.41, 5.74) is 0.0510. The van der Waals surface area contributed by atoms with Crippen molar-refractivity contribution in [3.05, 3.63) is 33.9 Å². The van der Waals surface area contributed by atoms with Crippen LogP contribution in [0, 0.1) is 10.1 Å². The molecule has 20 heavy (non-hydrogen) atoms. The molecule has 0 bridgehead atoms. The van der Waals surface area contributed by atoms with Gasteiger partial charge in [0.05, 0.1) is 4.92 Å². The largest absolute Gasteiger partial charge is 0.405 e. The Labute approximate surface area is 119 Å². The van der Waals surface area contributed by atoms with E-state index in [4.69, 9.17) is 11.6 Å². The number of nitro benzene ring substituents is 1. The standard InChI is InChI=1S/C12H14ClF3N2O2/c1-8(2)17(7-12(14,15)16)10-4-3-9(6-13)5-11(10)18(19)20/h3-5,8H,6-7H2,1-2H3. The van der Waals surface area contributed by atoms with Gasteiger partial charge in [-0.25, -0.2) is 0 Å². The van der Waals surface area contributed by atoms with Gasteiger partial charge in [0.15, 0.2) is 0 Å². The normalized spacial score (nSPS) is 11.8. The van der Waals surface area contributed by atoms with Gasteiger partial charge in [0.25, 0.3) is 5.69 Å². The molecule has 8 heteroatoms. The fourth-order valence-electron chi connectivity index (χ4n) is 1.78. The van der Waals surface area contributed by atoms with Gasteiger partial charge in [-0.3, -0.25) is 10.1 Å². The fraction of sp³-hybridized carbons (Fsp3) is 0.500. The van der Waals surface area contributed by atoms with Crippen LogP contribution in [0.3, 0.4) is 0 Å². The highest BCUT2D eigenvalue weighted by molar-refractivity contribution is 6.17. The molecule has 1 aromatic carbocycles. The molecule has 0 amide bonds. The molecule has 0 fully saturated rings. The van der Waals surface area contributed by atoms with Gasteiger partial charge in [-0.2, -0.15) is 13.2 Å². The summed E-state index contributed by atoms with van der Waals surface area (Å²) in [6.07, 6.45) is -4.44. The molecule has 4 nitrogen and oxygen atoms in total. The van der Waals surface area contributed by atoms with E-state index in [1.165, 1.54) is 18.2 Å². The van der Waals surface area contributed by atoms with Crippen LogP contribution in [0.1, 0.15) is 19.4 Å². The van der Waals surface area contributed by atoms with Crippen LogP contribution < -0.4 is 4.90 Å². The van der Waals surface area contributed by atoms with Crippen LogP contribution in [0.5, 0.6) is 0 Å². The minimum absolute atomic E-state index is 0.0576. The molecule has 0 heterocycles. The van der Waals surface area contributed by atoms with E-state index in [2.05, 4.69) is 0 Å². The van der Waals surface area contributed by atoms with E-state index in [9.17, 15) is 23.3 Å². The number of nitrogens with zero attached hydrogens (tertiary/aromatic N) is 2. The maximum Gasteiger partial charge on any atom is 0.405 e. The Morgan fingerprint density at radius 1 is 1.40 bits per heavy atom. The predicted octanol–water partition coefficient (Wildman–Crippen LogP) is 4.11. The number of benzene rings is 1. The lowest BCUT2D eigenvalue weighted by molar-refractivity contribution is -0.384. The second kappa shape index (κ2) is 6.30. The van der Waals surface area contributed by atoms with Gasteiger partial charge >= 0.3 is 6.18 Å². The fourth-order valence-corrected chi connectivity index (χ4v) is 1.95. The minimum Gasteiger partial charge on any atom is -0.354 e. The molecular weight excluding hydrogens is 297 g/mol. The lowest BCUT2D eigenvalue weighted by Crippen LogP contribution is -2.39. The van der Waals surface area contributed by atoms with Crippen LogP contribution in [-0.4, -0.2) is 23.7 Å². The number of nitro groups is 1. The first-order chi connectivity index (χ1) is 9.15. The van der Waals surface area contributed by atoms with Crippen molar-refractivity contribution < 1.29 is 18.1 Å². The Morgan fingerprint density at radius 2 is 2.00 bits per heavy atom. The zero-order chi connectivity index (χ0) is 15.5. The van der Waals surface area contributed by atoms with Gasteiger partial charge in [-0.1, -0.05) is 6.07 Å². The second-order valence-electron chi connectivity index (χ2n) is 4.55. The topological polar surface area (TPSA) is 46.4 Å². The Bertz CT molecular complexity index is 492. The average Bonchev–Trinajstić information content (AvgIpc) is 2.34. The van der Waals surface area contributed by atoms with E-state index in [1.54, 1.807) is 13.8 Å². The van der Waals surface area contributed by atoms with Crippen molar-refractivity contribution in [1.29, 1.82) is 0 Å². The van der Waals surface area contributed by atoms with Gasteiger partial charge in [0, 0.05) is 18.0 Å². The van der Waals surface area contributed by atoms with Crippen LogP contribution in [0.15, 0.2) is 18.2 Å². The summed E-state index contributed by atoms with van der Waals surface area (Å²) in [5.74, 6) is 0.0576. The molecule has 0 aromatic heterocycles. The number of hydrogen-bond acceptors (Lipinski definition) is 3. The van der Waals surface area contributed by atoms with Crippen LogP contribution in [0.25, 0.3) is 0 Å². The van der Waals surface area contributed by atoms with Gasteiger partial charge in [-0.05, 0) is 25.5 Å². The van der Waals surface area contributed by atoms with Crippen molar-refractivity contribution in [2.24, 2.45) is 0 Å². The summed E-state index contributed by atoms with van der Waals surface area (Å²) in [7, 11) is 0. The minimum atomic E-state index is -4.44. The molecular formula is C12H14ClF3N2O2. The molecule has 0 saturated carbocycles. The molecule has 0 aliphatic heterocycles. The Balaban J connectivity index is 3.29. The van der Waals surface area contributed by atoms with E-state index >= 15 is 0 Å². The summed E-state index contributed by atoms with van der Waals surface area (Å²) in [5, 5.41) is 11.0. The number of rotatable bonds is 5. The number of alkyl halides is 4. The third kappa shape index (κ3) is 4.26. The highest BCUT2D eigenvalue weighted by Gasteiger charge is 2.34. The molecule has 1 rings (SSSR count). The van der Waals surface area contributed by atoms with Gasteiger partial charge < -0.3 is 4.90 Å². The lowest BCUT2D eigenvalue weighted by Gasteiger charge is -2.29. The first kappa shape index (κ1) is 16.6. The van der Waals surface area contributed by atoms with Gasteiger partial charge in [0.1, 0.15) is 12.2 Å². The number of anilines is 1. The molecule has 1 aromatic rings. The number of hydrogen-bond donors (Lipinski definition) is 0. The Morgan fingerprint density at radius 3 is 2.40 bits per heavy atom. The molecule has 0 spiro atoms. The van der Waals surface area contributed by atoms with E-state index < -0.39 is 23.7 Å². The zero-order valence-electron chi connectivity index (χ0n) is 10.9. The maximum absolute atomic E-state index is 12.6. The molecule has 0 radical (unpaired) electrons. The maximum atomic E-state index is 12.6. The van der Waals surface area contributed by atoms with Crippen molar-refractivity contribution in [3.63, 3.8) is 0 Å². The molecule has 0 unspecified atom stereocenters. The quantitative estimate of drug-likeness (QED) is 0.467. The third-order valence-corrected chi connectivity index (χ3v) is 2.98. The number of halogens is 4. The average molecular weight is 311 g/mol. The van der Waals surface area contributed by atoms with Crippen LogP contribution in [0.4, 0.5) is 24.5 Å². The molecule has 0 aliphatic rings. The molecule has 0 saturated heterocycles. The van der Waals surface area contributed by atoms with E-state index in [1.807, 2.05) is 0 Å². The molecule has 0 atom stereocenters. The summed E-state index contributed by atoms with van der Waals surface area (Å²) in [6.45, 7) is 1.85. The summed E-state index contributed by atoms with van der Waals surface area (Å²) < 4.78 is 37.8. The van der Waals surface area contributed by atoms with Crippen molar-refractivity contribution >= 4 is 23.0 Å². The van der Waals surface area contributed by atoms with Crippen molar-refractivity contribution in [2.75, 3.05) is 11.4 Å². The van der Waals surface area contributed by atoms with E-state index in [0.717, 1.165) is 4.90 Å². The van der Waals surface area contributed by atoms with E-state index in [-0.39, 0.29) is 17.3 Å². The summed E-state index contributed by atoms with van der Waals surface area (Å²) in [4.78, 5) is 11.3. The van der Waals surface area contributed by atoms with Gasteiger partial charge in [-0.15, -0.1) is 11.6 Å². The zero-order valence-corrected chi connectivity index (χ0v) is 11.7.